The predicted molar refractivity (Wildman–Crippen MR) is 94.7 cm³/mol. The number of phenols is 1. The second-order valence-electron chi connectivity index (χ2n) is 7.33. The van der Waals surface area contributed by atoms with E-state index in [1.165, 1.54) is 12.8 Å². The summed E-state index contributed by atoms with van der Waals surface area (Å²) in [4.78, 5) is 6.56. The first-order valence-electron chi connectivity index (χ1n) is 8.62. The maximum Gasteiger partial charge on any atom is 0.139 e. The third-order valence-electron chi connectivity index (χ3n) is 5.05. The number of aromatic nitrogens is 2. The third-order valence-corrected chi connectivity index (χ3v) is 5.05. The zero-order valence-electron chi connectivity index (χ0n) is 14.6. The minimum Gasteiger partial charge on any atom is -0.508 e. The molecule has 2 aromatic rings. The molecular weight excluding hydrogens is 302 g/mol. The van der Waals surface area contributed by atoms with E-state index >= 15 is 0 Å². The van der Waals surface area contributed by atoms with Crippen LogP contribution >= 0.6 is 0 Å². The molecular formula is C19H27N3O2. The highest BCUT2D eigenvalue weighted by molar-refractivity contribution is 5.59. The fraction of sp³-hybridized carbons (Fsp3) is 0.526. The molecule has 1 aliphatic rings. The zero-order valence-corrected chi connectivity index (χ0v) is 14.6. The van der Waals surface area contributed by atoms with Gasteiger partial charge >= 0.3 is 0 Å². The molecule has 1 heterocycles. The van der Waals surface area contributed by atoms with Crippen molar-refractivity contribution in [2.24, 2.45) is 5.41 Å². The van der Waals surface area contributed by atoms with Gasteiger partial charge in [0.1, 0.15) is 11.6 Å². The molecule has 1 aliphatic carbocycles. The molecule has 1 fully saturated rings. The average molecular weight is 329 g/mol. The highest BCUT2D eigenvalue weighted by Gasteiger charge is 2.34. The highest BCUT2D eigenvalue weighted by Crippen LogP contribution is 2.40. The van der Waals surface area contributed by atoms with Gasteiger partial charge in [0.25, 0.3) is 0 Å². The molecule has 1 aromatic carbocycles. The molecule has 0 bridgehead atoms. The number of imidazole rings is 1. The van der Waals surface area contributed by atoms with Crippen molar-refractivity contribution in [1.82, 2.24) is 14.5 Å². The lowest BCUT2D eigenvalue weighted by Crippen LogP contribution is -2.27. The van der Waals surface area contributed by atoms with Gasteiger partial charge in [-0.2, -0.15) is 0 Å². The Balaban J connectivity index is 1.90. The van der Waals surface area contributed by atoms with Crippen LogP contribution in [0.15, 0.2) is 30.6 Å². The number of hydrogen-bond donors (Lipinski definition) is 2. The van der Waals surface area contributed by atoms with E-state index in [1.54, 1.807) is 6.07 Å². The van der Waals surface area contributed by atoms with Crippen LogP contribution in [0.3, 0.4) is 0 Å². The average Bonchev–Trinajstić information content (AvgIpc) is 3.19. The Morgan fingerprint density at radius 2 is 2.00 bits per heavy atom. The number of aliphatic hydroxyl groups excluding tert-OH is 1. The number of phenolic OH excluding ortho intramolecular Hbond substituents is 1. The van der Waals surface area contributed by atoms with Crippen molar-refractivity contribution < 1.29 is 10.2 Å². The summed E-state index contributed by atoms with van der Waals surface area (Å²) >= 11 is 0. The van der Waals surface area contributed by atoms with Crippen LogP contribution in [-0.4, -0.2) is 45.4 Å². The van der Waals surface area contributed by atoms with Crippen molar-refractivity contribution in [2.45, 2.75) is 38.8 Å². The lowest BCUT2D eigenvalue weighted by Gasteiger charge is -2.27. The second-order valence-corrected chi connectivity index (χ2v) is 7.33. The first-order valence-corrected chi connectivity index (χ1v) is 8.62. The van der Waals surface area contributed by atoms with E-state index in [-0.39, 0.29) is 12.0 Å². The van der Waals surface area contributed by atoms with Gasteiger partial charge in [-0.25, -0.2) is 4.98 Å². The van der Waals surface area contributed by atoms with E-state index < -0.39 is 0 Å². The molecule has 0 atom stereocenters. The van der Waals surface area contributed by atoms with E-state index in [2.05, 4.69) is 9.55 Å². The van der Waals surface area contributed by atoms with Crippen LogP contribution in [0, 0.1) is 5.41 Å². The molecule has 0 radical (unpaired) electrons. The number of rotatable bonds is 6. The Hall–Kier alpha value is -1.85. The van der Waals surface area contributed by atoms with Crippen molar-refractivity contribution in [2.75, 3.05) is 20.7 Å². The number of benzene rings is 1. The van der Waals surface area contributed by atoms with Crippen molar-refractivity contribution >= 4 is 0 Å². The fourth-order valence-electron chi connectivity index (χ4n) is 3.74. The van der Waals surface area contributed by atoms with E-state index in [0.29, 0.717) is 12.3 Å². The van der Waals surface area contributed by atoms with Crippen molar-refractivity contribution in [3.05, 3.63) is 36.2 Å². The van der Waals surface area contributed by atoms with E-state index in [1.807, 2.05) is 43.5 Å². The minimum absolute atomic E-state index is 0.0150. The van der Waals surface area contributed by atoms with Gasteiger partial charge in [-0.3, -0.25) is 0 Å². The van der Waals surface area contributed by atoms with Crippen molar-refractivity contribution in [1.29, 1.82) is 0 Å². The molecule has 1 aromatic heterocycles. The minimum atomic E-state index is -0.0150. The van der Waals surface area contributed by atoms with E-state index in [4.69, 9.17) is 0 Å². The molecule has 0 saturated heterocycles. The van der Waals surface area contributed by atoms with Gasteiger partial charge in [0.05, 0.1) is 6.61 Å². The first-order chi connectivity index (χ1) is 11.5. The molecule has 3 rings (SSSR count). The Morgan fingerprint density at radius 3 is 2.67 bits per heavy atom. The third kappa shape index (κ3) is 3.47. The molecule has 2 N–H and O–H groups in total. The first kappa shape index (κ1) is 17.0. The van der Waals surface area contributed by atoms with Crippen LogP contribution in [-0.2, 0) is 13.1 Å². The maximum atomic E-state index is 10.1. The predicted octanol–water partition coefficient (Wildman–Crippen LogP) is 2.87. The van der Waals surface area contributed by atoms with Gasteiger partial charge in [0.2, 0.25) is 0 Å². The molecule has 24 heavy (non-hydrogen) atoms. The molecule has 0 unspecified atom stereocenters. The Labute approximate surface area is 143 Å². The summed E-state index contributed by atoms with van der Waals surface area (Å²) in [5.74, 6) is 1.21. The Morgan fingerprint density at radius 1 is 1.25 bits per heavy atom. The van der Waals surface area contributed by atoms with Crippen molar-refractivity contribution in [3.63, 3.8) is 0 Å². The monoisotopic (exact) mass is 329 g/mol. The zero-order chi connectivity index (χ0) is 17.2. The molecule has 0 aliphatic heterocycles. The summed E-state index contributed by atoms with van der Waals surface area (Å²) in [6.45, 7) is 1.70. The molecule has 5 heteroatoms. The maximum absolute atomic E-state index is 10.1. The molecule has 0 amide bonds. The quantitative estimate of drug-likeness (QED) is 0.855. The molecule has 0 spiro atoms. The van der Waals surface area contributed by atoms with Crippen LogP contribution in [0.5, 0.6) is 5.75 Å². The summed E-state index contributed by atoms with van der Waals surface area (Å²) in [6, 6.07) is 5.66. The molecule has 1 saturated carbocycles. The highest BCUT2D eigenvalue weighted by atomic mass is 16.3. The Bertz CT molecular complexity index is 688. The lowest BCUT2D eigenvalue weighted by molar-refractivity contribution is 0.112. The summed E-state index contributed by atoms with van der Waals surface area (Å²) in [5, 5.41) is 20.0. The Kier molecular flexibility index (Phi) is 4.92. The van der Waals surface area contributed by atoms with Crippen LogP contribution < -0.4 is 0 Å². The standard InChI is InChI=1S/C19H27N3O2/c1-21(2)12-16-11-15(5-6-17(16)24)18-20-9-10-22(18)13-19(14-23)7-3-4-8-19/h5-6,9-11,23-24H,3-4,7-8,12-14H2,1-2H3. The number of nitrogens with zero attached hydrogens (tertiary/aromatic N) is 3. The molecule has 130 valence electrons. The number of hydrogen-bond acceptors (Lipinski definition) is 4. The van der Waals surface area contributed by atoms with Gasteiger partial charge in [-0.05, 0) is 45.1 Å². The van der Waals surface area contributed by atoms with Gasteiger partial charge in [-0.1, -0.05) is 12.8 Å². The number of aromatic hydroxyl groups is 1. The summed E-state index contributed by atoms with van der Waals surface area (Å²) < 4.78 is 2.15. The van der Waals surface area contributed by atoms with Gasteiger partial charge in [-0.15, -0.1) is 0 Å². The van der Waals surface area contributed by atoms with Crippen LogP contribution in [0.2, 0.25) is 0 Å². The van der Waals surface area contributed by atoms with Crippen LogP contribution in [0.1, 0.15) is 31.2 Å². The van der Waals surface area contributed by atoms with Gasteiger partial charge < -0.3 is 19.7 Å². The largest absolute Gasteiger partial charge is 0.508 e. The summed E-state index contributed by atoms with van der Waals surface area (Å²) in [5.41, 5.74) is 1.88. The second kappa shape index (κ2) is 6.95. The topological polar surface area (TPSA) is 61.5 Å². The van der Waals surface area contributed by atoms with E-state index in [9.17, 15) is 10.2 Å². The normalized spacial score (nSPS) is 16.8. The van der Waals surface area contributed by atoms with Crippen LogP contribution in [0.4, 0.5) is 0 Å². The fourth-order valence-corrected chi connectivity index (χ4v) is 3.74. The van der Waals surface area contributed by atoms with Crippen LogP contribution in [0.25, 0.3) is 11.4 Å². The number of aliphatic hydroxyl groups is 1. The van der Waals surface area contributed by atoms with Gasteiger partial charge in [0, 0.05) is 42.0 Å². The van der Waals surface area contributed by atoms with Crippen molar-refractivity contribution in [3.8, 4) is 17.1 Å². The summed E-state index contributed by atoms with van der Waals surface area (Å²) in [6.07, 6.45) is 8.33. The SMILES string of the molecule is CN(C)Cc1cc(-c2nccn2CC2(CO)CCCC2)ccc1O. The summed E-state index contributed by atoms with van der Waals surface area (Å²) in [7, 11) is 3.97. The van der Waals surface area contributed by atoms with Gasteiger partial charge in [0.15, 0.2) is 0 Å². The van der Waals surface area contributed by atoms with E-state index in [0.717, 1.165) is 36.3 Å². The lowest BCUT2D eigenvalue weighted by atomic mass is 9.87. The smallest absolute Gasteiger partial charge is 0.139 e. The molecule has 5 nitrogen and oxygen atoms in total.